The molecule has 1 aromatic heterocycles. The van der Waals surface area contributed by atoms with Crippen LogP contribution in [-0.2, 0) is 6.61 Å². The molecule has 94 valence electrons. The van der Waals surface area contributed by atoms with Crippen LogP contribution < -0.4 is 9.47 Å². The van der Waals surface area contributed by atoms with Crippen molar-refractivity contribution in [1.82, 2.24) is 0 Å². The number of aldehydes is 1. The molecule has 2 aromatic rings. The summed E-state index contributed by atoms with van der Waals surface area (Å²) in [5, 5.41) is 0.501. The van der Waals surface area contributed by atoms with Gasteiger partial charge in [0.25, 0.3) is 0 Å². The molecule has 2 rings (SSSR count). The number of halogens is 1. The average molecular weight is 283 g/mol. The Morgan fingerprint density at radius 1 is 1.33 bits per heavy atom. The van der Waals surface area contributed by atoms with Gasteiger partial charge in [-0.1, -0.05) is 11.6 Å². The van der Waals surface area contributed by atoms with Gasteiger partial charge >= 0.3 is 0 Å². The van der Waals surface area contributed by atoms with Gasteiger partial charge < -0.3 is 9.47 Å². The Kier molecular flexibility index (Phi) is 4.23. The minimum atomic E-state index is 0.393. The maximum atomic E-state index is 10.6. The molecule has 0 aliphatic heterocycles. The van der Waals surface area contributed by atoms with E-state index in [0.717, 1.165) is 11.2 Å². The van der Waals surface area contributed by atoms with E-state index >= 15 is 0 Å². The molecular formula is C13H11ClO3S. The van der Waals surface area contributed by atoms with Crippen molar-refractivity contribution in [1.29, 1.82) is 0 Å². The fourth-order valence-corrected chi connectivity index (χ4v) is 2.38. The van der Waals surface area contributed by atoms with Gasteiger partial charge in [-0.3, -0.25) is 4.79 Å². The number of carbonyl (C=O) groups is 1. The first-order valence-electron chi connectivity index (χ1n) is 5.23. The van der Waals surface area contributed by atoms with Crippen molar-refractivity contribution in [3.8, 4) is 11.5 Å². The number of thiophene rings is 1. The topological polar surface area (TPSA) is 35.5 Å². The Labute approximate surface area is 114 Å². The number of rotatable bonds is 5. The summed E-state index contributed by atoms with van der Waals surface area (Å²) in [6.07, 6.45) is 0.828. The molecule has 0 spiro atoms. The minimum Gasteiger partial charge on any atom is -0.497 e. The van der Waals surface area contributed by atoms with Crippen LogP contribution in [0.3, 0.4) is 0 Å². The summed E-state index contributed by atoms with van der Waals surface area (Å²) in [4.78, 5) is 12.2. The molecule has 3 nitrogen and oxygen atoms in total. The highest BCUT2D eigenvalue weighted by Gasteiger charge is 2.05. The van der Waals surface area contributed by atoms with Crippen LogP contribution in [0.4, 0.5) is 0 Å². The molecule has 1 heterocycles. The predicted octanol–water partition coefficient (Wildman–Crippen LogP) is 3.80. The number of benzene rings is 1. The molecule has 0 amide bonds. The maximum absolute atomic E-state index is 10.6. The minimum absolute atomic E-state index is 0.393. The summed E-state index contributed by atoms with van der Waals surface area (Å²) in [5.41, 5.74) is 0. The predicted molar refractivity (Wildman–Crippen MR) is 72.0 cm³/mol. The maximum Gasteiger partial charge on any atom is 0.160 e. The van der Waals surface area contributed by atoms with Crippen LogP contribution in [0.1, 0.15) is 14.5 Å². The van der Waals surface area contributed by atoms with E-state index in [1.807, 2.05) is 6.07 Å². The Morgan fingerprint density at radius 2 is 2.17 bits per heavy atom. The number of hydrogen-bond donors (Lipinski definition) is 0. The lowest BCUT2D eigenvalue weighted by Crippen LogP contribution is -1.93. The van der Waals surface area contributed by atoms with Gasteiger partial charge in [-0.2, -0.15) is 0 Å². The first-order chi connectivity index (χ1) is 8.72. The Hall–Kier alpha value is -1.52. The summed E-state index contributed by atoms with van der Waals surface area (Å²) in [6.45, 7) is 0.393. The molecule has 18 heavy (non-hydrogen) atoms. The van der Waals surface area contributed by atoms with Gasteiger partial charge in [0.2, 0.25) is 0 Å². The Balaban J connectivity index is 2.03. The lowest BCUT2D eigenvalue weighted by atomic mass is 10.3. The molecule has 0 aliphatic rings. The lowest BCUT2D eigenvalue weighted by molar-refractivity contribution is 0.112. The molecule has 0 N–H and O–H groups in total. The summed E-state index contributed by atoms with van der Waals surface area (Å²) < 4.78 is 10.6. The zero-order valence-electron chi connectivity index (χ0n) is 9.68. The van der Waals surface area contributed by atoms with E-state index in [9.17, 15) is 4.79 Å². The molecule has 1 aromatic carbocycles. The molecule has 0 saturated carbocycles. The molecule has 0 atom stereocenters. The monoisotopic (exact) mass is 282 g/mol. The fourth-order valence-electron chi connectivity index (χ4n) is 1.41. The number of methoxy groups -OCH3 is 1. The zero-order chi connectivity index (χ0) is 13.0. The fraction of sp³-hybridized carbons (Fsp3) is 0.154. The Morgan fingerprint density at radius 3 is 2.78 bits per heavy atom. The van der Waals surface area contributed by atoms with Gasteiger partial charge in [-0.05, 0) is 24.3 Å². The number of ether oxygens (including phenoxy) is 2. The van der Waals surface area contributed by atoms with E-state index < -0.39 is 0 Å². The van der Waals surface area contributed by atoms with Crippen molar-refractivity contribution < 1.29 is 14.3 Å². The SMILES string of the molecule is COc1ccc(OCc2ccc(C=O)s2)c(Cl)c1. The van der Waals surface area contributed by atoms with E-state index in [-0.39, 0.29) is 0 Å². The van der Waals surface area contributed by atoms with Crippen molar-refractivity contribution >= 4 is 29.2 Å². The highest BCUT2D eigenvalue weighted by Crippen LogP contribution is 2.29. The van der Waals surface area contributed by atoms with Gasteiger partial charge in [-0.25, -0.2) is 0 Å². The van der Waals surface area contributed by atoms with Crippen molar-refractivity contribution in [2.75, 3.05) is 7.11 Å². The van der Waals surface area contributed by atoms with Crippen LogP contribution in [0, 0.1) is 0 Å². The highest BCUT2D eigenvalue weighted by molar-refractivity contribution is 7.13. The van der Waals surface area contributed by atoms with Gasteiger partial charge in [-0.15, -0.1) is 11.3 Å². The van der Waals surface area contributed by atoms with Crippen LogP contribution in [0.25, 0.3) is 0 Å². The first kappa shape index (κ1) is 12.9. The summed E-state index contributed by atoms with van der Waals surface area (Å²) >= 11 is 7.45. The second-order valence-electron chi connectivity index (χ2n) is 3.51. The van der Waals surface area contributed by atoms with Gasteiger partial charge in [0, 0.05) is 10.9 Å². The molecule has 0 saturated heterocycles. The number of hydrogen-bond acceptors (Lipinski definition) is 4. The van der Waals surface area contributed by atoms with Crippen molar-refractivity contribution in [2.45, 2.75) is 6.61 Å². The second-order valence-corrected chi connectivity index (χ2v) is 5.11. The van der Waals surface area contributed by atoms with E-state index in [4.69, 9.17) is 21.1 Å². The quantitative estimate of drug-likeness (QED) is 0.783. The molecular weight excluding hydrogens is 272 g/mol. The smallest absolute Gasteiger partial charge is 0.160 e. The molecule has 0 unspecified atom stereocenters. The second kappa shape index (κ2) is 5.89. The van der Waals surface area contributed by atoms with E-state index in [1.54, 1.807) is 31.4 Å². The molecule has 0 aliphatic carbocycles. The summed E-state index contributed by atoms with van der Waals surface area (Å²) in [7, 11) is 1.58. The van der Waals surface area contributed by atoms with E-state index in [2.05, 4.69) is 0 Å². The molecule has 0 bridgehead atoms. The van der Waals surface area contributed by atoms with E-state index in [0.29, 0.717) is 28.0 Å². The lowest BCUT2D eigenvalue weighted by Gasteiger charge is -2.08. The van der Waals surface area contributed by atoms with Crippen molar-refractivity contribution in [2.24, 2.45) is 0 Å². The summed E-state index contributed by atoms with van der Waals surface area (Å²) in [6, 6.07) is 8.88. The van der Waals surface area contributed by atoms with Crippen molar-refractivity contribution in [3.05, 3.63) is 45.1 Å². The molecule has 5 heteroatoms. The van der Waals surface area contributed by atoms with Crippen LogP contribution in [-0.4, -0.2) is 13.4 Å². The normalized spacial score (nSPS) is 10.1. The van der Waals surface area contributed by atoms with Crippen LogP contribution in [0.2, 0.25) is 5.02 Å². The first-order valence-corrected chi connectivity index (χ1v) is 6.42. The van der Waals surface area contributed by atoms with E-state index in [1.165, 1.54) is 11.3 Å². The Bertz CT molecular complexity index is 551. The third-order valence-corrected chi connectivity index (χ3v) is 3.59. The zero-order valence-corrected chi connectivity index (χ0v) is 11.3. The number of carbonyl (C=O) groups excluding carboxylic acids is 1. The van der Waals surface area contributed by atoms with Crippen LogP contribution in [0.5, 0.6) is 11.5 Å². The third-order valence-electron chi connectivity index (χ3n) is 2.31. The average Bonchev–Trinajstić information content (AvgIpc) is 2.85. The molecule has 0 radical (unpaired) electrons. The van der Waals surface area contributed by atoms with Crippen LogP contribution >= 0.6 is 22.9 Å². The third kappa shape index (κ3) is 3.03. The largest absolute Gasteiger partial charge is 0.497 e. The van der Waals surface area contributed by atoms with Crippen molar-refractivity contribution in [3.63, 3.8) is 0 Å². The standard InChI is InChI=1S/C13H11ClO3S/c1-16-9-2-5-13(12(14)6-9)17-8-11-4-3-10(7-15)18-11/h2-7H,8H2,1H3. The molecule has 0 fully saturated rings. The summed E-state index contributed by atoms with van der Waals surface area (Å²) in [5.74, 6) is 1.28. The van der Waals surface area contributed by atoms with Gasteiger partial charge in [0.15, 0.2) is 6.29 Å². The highest BCUT2D eigenvalue weighted by atomic mass is 35.5. The van der Waals surface area contributed by atoms with Crippen LogP contribution in [0.15, 0.2) is 30.3 Å². The van der Waals surface area contributed by atoms with Gasteiger partial charge in [0.05, 0.1) is 17.0 Å². The van der Waals surface area contributed by atoms with Gasteiger partial charge in [0.1, 0.15) is 18.1 Å².